The molecular weight excluding hydrogens is 354 g/mol. The summed E-state index contributed by atoms with van der Waals surface area (Å²) in [6.07, 6.45) is 0.694. The zero-order chi connectivity index (χ0) is 19.9. The maximum atomic E-state index is 11.7. The minimum atomic E-state index is -1.19. The van der Waals surface area contributed by atoms with E-state index in [1.165, 1.54) is 0 Å². The second kappa shape index (κ2) is 9.57. The summed E-state index contributed by atoms with van der Waals surface area (Å²) in [5, 5.41) is 11.7. The number of benzene rings is 1. The number of hydrogen-bond donors (Lipinski definition) is 2. The maximum Gasteiger partial charge on any atom is 0.408 e. The lowest BCUT2D eigenvalue weighted by Crippen LogP contribution is -2.34. The minimum Gasteiger partial charge on any atom is -0.491 e. The highest BCUT2D eigenvalue weighted by Crippen LogP contribution is 2.24. The van der Waals surface area contributed by atoms with E-state index in [0.29, 0.717) is 24.5 Å². The smallest absolute Gasteiger partial charge is 0.408 e. The van der Waals surface area contributed by atoms with Gasteiger partial charge >= 0.3 is 12.1 Å². The van der Waals surface area contributed by atoms with E-state index in [0.717, 1.165) is 12.8 Å². The van der Waals surface area contributed by atoms with E-state index in [9.17, 15) is 14.7 Å². The molecule has 1 aromatic rings. The van der Waals surface area contributed by atoms with E-state index in [1.807, 2.05) is 20.8 Å². The van der Waals surface area contributed by atoms with Crippen LogP contribution in [0.15, 0.2) is 24.3 Å². The number of ether oxygens (including phenoxy) is 4. The Bertz CT molecular complexity index is 629. The molecule has 1 amide bonds. The third-order valence-corrected chi connectivity index (χ3v) is 3.96. The van der Waals surface area contributed by atoms with Gasteiger partial charge in [-0.05, 0) is 38.0 Å². The van der Waals surface area contributed by atoms with Gasteiger partial charge < -0.3 is 29.4 Å². The van der Waals surface area contributed by atoms with Crippen molar-refractivity contribution >= 4 is 12.1 Å². The Kier molecular flexibility index (Phi) is 7.44. The van der Waals surface area contributed by atoms with Gasteiger partial charge in [0, 0.05) is 0 Å². The number of carbonyl (C=O) groups excluding carboxylic acids is 1. The van der Waals surface area contributed by atoms with Crippen molar-refractivity contribution in [2.45, 2.75) is 51.5 Å². The molecule has 1 aliphatic heterocycles. The van der Waals surface area contributed by atoms with Gasteiger partial charge in [-0.2, -0.15) is 0 Å². The van der Waals surface area contributed by atoms with Gasteiger partial charge in [0.25, 0.3) is 0 Å². The Morgan fingerprint density at radius 2 is 2.04 bits per heavy atom. The molecule has 150 valence electrons. The second-order valence-electron chi connectivity index (χ2n) is 6.74. The zero-order valence-electron chi connectivity index (χ0n) is 15.9. The average Bonchev–Trinajstić information content (AvgIpc) is 2.97. The van der Waals surface area contributed by atoms with Crippen LogP contribution in [0.5, 0.6) is 5.75 Å². The van der Waals surface area contributed by atoms with Crippen LogP contribution in [0, 0.1) is 0 Å². The van der Waals surface area contributed by atoms with Gasteiger partial charge in [-0.3, -0.25) is 0 Å². The number of aliphatic carboxylic acids is 1. The third-order valence-electron chi connectivity index (χ3n) is 3.96. The summed E-state index contributed by atoms with van der Waals surface area (Å²) >= 11 is 0. The topological polar surface area (TPSA) is 103 Å². The molecule has 1 unspecified atom stereocenters. The summed E-state index contributed by atoms with van der Waals surface area (Å²) in [6.45, 7) is 6.69. The van der Waals surface area contributed by atoms with Crippen molar-refractivity contribution in [3.63, 3.8) is 0 Å². The third kappa shape index (κ3) is 6.73. The van der Waals surface area contributed by atoms with Crippen molar-refractivity contribution in [3.05, 3.63) is 29.8 Å². The predicted octanol–water partition coefficient (Wildman–Crippen LogP) is 2.87. The van der Waals surface area contributed by atoms with Gasteiger partial charge in [0.05, 0.1) is 13.2 Å². The Hall–Kier alpha value is -2.32. The number of carboxylic acids is 1. The molecule has 1 heterocycles. The van der Waals surface area contributed by atoms with Gasteiger partial charge in [0.2, 0.25) is 0 Å². The molecule has 0 radical (unpaired) electrons. The van der Waals surface area contributed by atoms with Crippen LogP contribution in [0.25, 0.3) is 0 Å². The van der Waals surface area contributed by atoms with E-state index < -0.39 is 23.9 Å². The molecule has 1 aliphatic rings. The van der Waals surface area contributed by atoms with Gasteiger partial charge in [0.1, 0.15) is 18.5 Å². The minimum absolute atomic E-state index is 0.161. The SMILES string of the molecule is CCCCOC(=O)NC(C(=O)O)c1ccc(OC[C@@H]2COC(C)(C)O2)cc1. The van der Waals surface area contributed by atoms with Crippen molar-refractivity contribution in [3.8, 4) is 5.75 Å². The first-order valence-electron chi connectivity index (χ1n) is 9.01. The van der Waals surface area contributed by atoms with E-state index in [1.54, 1.807) is 24.3 Å². The molecule has 1 aromatic carbocycles. The molecule has 0 aliphatic carbocycles. The molecule has 0 saturated carbocycles. The van der Waals surface area contributed by atoms with Crippen LogP contribution in [-0.4, -0.2) is 48.9 Å². The molecule has 2 atom stereocenters. The Morgan fingerprint density at radius 1 is 1.33 bits per heavy atom. The number of carbonyl (C=O) groups is 2. The van der Waals surface area contributed by atoms with Gasteiger partial charge in [-0.25, -0.2) is 9.59 Å². The fourth-order valence-corrected chi connectivity index (χ4v) is 2.55. The summed E-state index contributed by atoms with van der Waals surface area (Å²) in [6, 6.07) is 5.29. The summed E-state index contributed by atoms with van der Waals surface area (Å²) in [5.41, 5.74) is 0.420. The normalized spacial score (nSPS) is 19.3. The first-order chi connectivity index (χ1) is 12.8. The predicted molar refractivity (Wildman–Crippen MR) is 96.6 cm³/mol. The number of hydrogen-bond acceptors (Lipinski definition) is 6. The number of nitrogens with one attached hydrogen (secondary N) is 1. The molecule has 1 saturated heterocycles. The van der Waals surface area contributed by atoms with Crippen LogP contribution < -0.4 is 10.1 Å². The van der Waals surface area contributed by atoms with E-state index in [2.05, 4.69) is 5.32 Å². The van der Waals surface area contributed by atoms with Gasteiger partial charge in [0.15, 0.2) is 11.8 Å². The van der Waals surface area contributed by atoms with Crippen molar-refractivity contribution in [1.29, 1.82) is 0 Å². The van der Waals surface area contributed by atoms with Crippen LogP contribution >= 0.6 is 0 Å². The largest absolute Gasteiger partial charge is 0.491 e. The maximum absolute atomic E-state index is 11.7. The lowest BCUT2D eigenvalue weighted by Gasteiger charge is -2.18. The Morgan fingerprint density at radius 3 is 2.59 bits per heavy atom. The molecule has 0 aromatic heterocycles. The highest BCUT2D eigenvalue weighted by Gasteiger charge is 2.33. The lowest BCUT2D eigenvalue weighted by molar-refractivity contribution is -0.141. The highest BCUT2D eigenvalue weighted by molar-refractivity contribution is 5.81. The molecule has 1 fully saturated rings. The number of rotatable bonds is 9. The molecule has 2 rings (SSSR count). The van der Waals surface area contributed by atoms with Crippen LogP contribution in [0.3, 0.4) is 0 Å². The van der Waals surface area contributed by atoms with E-state index in [4.69, 9.17) is 18.9 Å². The quantitative estimate of drug-likeness (QED) is 0.634. The number of amides is 1. The Balaban J connectivity index is 1.88. The van der Waals surface area contributed by atoms with Crippen LogP contribution in [0.1, 0.15) is 45.2 Å². The number of unbranched alkanes of at least 4 members (excludes halogenated alkanes) is 1. The molecule has 2 N–H and O–H groups in total. The fraction of sp³-hybridized carbons (Fsp3) is 0.579. The van der Waals surface area contributed by atoms with Crippen LogP contribution in [-0.2, 0) is 19.0 Å². The molecule has 27 heavy (non-hydrogen) atoms. The number of carboxylic acid groups (broad SMARTS) is 1. The Labute approximate surface area is 158 Å². The molecule has 8 nitrogen and oxygen atoms in total. The first-order valence-corrected chi connectivity index (χ1v) is 9.01. The summed E-state index contributed by atoms with van der Waals surface area (Å²) in [7, 11) is 0. The number of alkyl carbamates (subject to hydrolysis) is 1. The van der Waals surface area contributed by atoms with Crippen molar-refractivity contribution < 1.29 is 33.6 Å². The summed E-state index contributed by atoms with van der Waals surface area (Å²) < 4.78 is 21.7. The van der Waals surface area contributed by atoms with Crippen LogP contribution in [0.2, 0.25) is 0 Å². The summed E-state index contributed by atoms with van der Waals surface area (Å²) in [4.78, 5) is 23.2. The highest BCUT2D eigenvalue weighted by atomic mass is 16.7. The van der Waals surface area contributed by atoms with Gasteiger partial charge in [-0.15, -0.1) is 0 Å². The van der Waals surface area contributed by atoms with E-state index >= 15 is 0 Å². The zero-order valence-corrected chi connectivity index (χ0v) is 15.9. The molecule has 0 bridgehead atoms. The summed E-state index contributed by atoms with van der Waals surface area (Å²) in [5.74, 6) is -1.21. The van der Waals surface area contributed by atoms with Crippen molar-refractivity contribution in [2.75, 3.05) is 19.8 Å². The standard InChI is InChI=1S/C19H27NO7/c1-4-5-10-24-18(23)20-16(17(21)22)13-6-8-14(9-7-13)25-11-15-12-26-19(2,3)27-15/h6-9,15-16H,4-5,10-12H2,1-3H3,(H,20,23)(H,21,22)/t15-,16?/m1/s1. The van der Waals surface area contributed by atoms with Crippen molar-refractivity contribution in [2.24, 2.45) is 0 Å². The van der Waals surface area contributed by atoms with Gasteiger partial charge in [-0.1, -0.05) is 25.5 Å². The molecule has 8 heteroatoms. The second-order valence-corrected chi connectivity index (χ2v) is 6.74. The van der Waals surface area contributed by atoms with Crippen molar-refractivity contribution in [1.82, 2.24) is 5.32 Å². The first kappa shape index (κ1) is 21.0. The molecule has 0 spiro atoms. The monoisotopic (exact) mass is 381 g/mol. The fourth-order valence-electron chi connectivity index (χ4n) is 2.55. The van der Waals surface area contributed by atoms with E-state index in [-0.39, 0.29) is 12.7 Å². The molecular formula is C19H27NO7. The lowest BCUT2D eigenvalue weighted by atomic mass is 10.1. The van der Waals surface area contributed by atoms with Crippen LogP contribution in [0.4, 0.5) is 4.79 Å². The average molecular weight is 381 g/mol.